The van der Waals surface area contributed by atoms with Crippen molar-refractivity contribution in [2.75, 3.05) is 38.4 Å². The average Bonchev–Trinajstić information content (AvgIpc) is 3.18. The summed E-state index contributed by atoms with van der Waals surface area (Å²) in [6.45, 7) is 1.27. The number of nitrogen functional groups attached to an aromatic ring is 1. The quantitative estimate of drug-likeness (QED) is 0.379. The van der Waals surface area contributed by atoms with Crippen LogP contribution in [0.25, 0.3) is 10.2 Å². The van der Waals surface area contributed by atoms with E-state index < -0.39 is 0 Å². The predicted octanol–water partition coefficient (Wildman–Crippen LogP) is 3.01. The third-order valence-corrected chi connectivity index (χ3v) is 6.15. The molecule has 0 aliphatic heterocycles. The molecule has 4 rings (SSSR count). The number of methoxy groups -OCH3 is 1. The highest BCUT2D eigenvalue weighted by Gasteiger charge is 2.20. The standard InChI is InChI=1S/C16H16N6S.C5H11NO2/c17-6-9-5-10(7-19-14(9)18)22-15-13-11-3-1-2-4-12(11)23-16(13)21-8-20-15;1-6(5-7)3-4-8-2/h5-8,17H,1-4H2,(H2,18,19)(H,20,21,22);5H,3-4H2,1-2H3. The van der Waals surface area contributed by atoms with Crippen molar-refractivity contribution in [1.82, 2.24) is 19.9 Å². The van der Waals surface area contributed by atoms with Gasteiger partial charge in [0, 0.05) is 37.4 Å². The number of hydrogen-bond acceptors (Lipinski definition) is 9. The summed E-state index contributed by atoms with van der Waals surface area (Å²) < 4.78 is 4.71. The Morgan fingerprint density at radius 1 is 1.32 bits per heavy atom. The molecule has 0 unspecified atom stereocenters. The minimum Gasteiger partial charge on any atom is -0.383 e. The molecule has 0 saturated heterocycles. The van der Waals surface area contributed by atoms with Crippen LogP contribution in [-0.2, 0) is 22.4 Å². The molecule has 4 N–H and O–H groups in total. The first kappa shape index (κ1) is 22.6. The summed E-state index contributed by atoms with van der Waals surface area (Å²) in [6, 6.07) is 1.81. The van der Waals surface area contributed by atoms with Crippen LogP contribution in [0.1, 0.15) is 28.8 Å². The van der Waals surface area contributed by atoms with Crippen molar-refractivity contribution in [3.8, 4) is 0 Å². The van der Waals surface area contributed by atoms with E-state index in [1.165, 1.54) is 34.4 Å². The number of aromatic nitrogens is 3. The Hall–Kier alpha value is -3.11. The van der Waals surface area contributed by atoms with Crippen molar-refractivity contribution in [1.29, 1.82) is 5.41 Å². The molecule has 1 aliphatic rings. The van der Waals surface area contributed by atoms with Crippen molar-refractivity contribution in [2.24, 2.45) is 0 Å². The van der Waals surface area contributed by atoms with Gasteiger partial charge in [0.05, 0.1) is 23.9 Å². The predicted molar refractivity (Wildman–Crippen MR) is 124 cm³/mol. The van der Waals surface area contributed by atoms with Gasteiger partial charge in [0.1, 0.15) is 22.8 Å². The van der Waals surface area contributed by atoms with E-state index in [4.69, 9.17) is 15.9 Å². The Morgan fingerprint density at radius 3 is 2.87 bits per heavy atom. The number of anilines is 3. The number of nitrogens with one attached hydrogen (secondary N) is 2. The number of carbonyl (C=O) groups excluding carboxylic acids is 1. The van der Waals surface area contributed by atoms with Gasteiger partial charge < -0.3 is 26.1 Å². The lowest BCUT2D eigenvalue weighted by Gasteiger charge is -2.12. The molecule has 0 aromatic carbocycles. The smallest absolute Gasteiger partial charge is 0.209 e. The molecule has 0 radical (unpaired) electrons. The zero-order valence-electron chi connectivity index (χ0n) is 17.7. The number of hydrogen-bond donors (Lipinski definition) is 3. The van der Waals surface area contributed by atoms with Crippen molar-refractivity contribution >= 4 is 51.5 Å². The first-order valence-corrected chi connectivity index (χ1v) is 10.8. The summed E-state index contributed by atoms with van der Waals surface area (Å²) in [4.78, 5) is 26.9. The van der Waals surface area contributed by atoms with Gasteiger partial charge in [-0.25, -0.2) is 15.0 Å². The summed E-state index contributed by atoms with van der Waals surface area (Å²) in [6.07, 6.45) is 9.92. The summed E-state index contributed by atoms with van der Waals surface area (Å²) in [7, 11) is 3.32. The number of thiophene rings is 1. The van der Waals surface area contributed by atoms with Gasteiger partial charge in [-0.2, -0.15) is 0 Å². The second-order valence-electron chi connectivity index (χ2n) is 7.16. The van der Waals surface area contributed by atoms with E-state index in [0.29, 0.717) is 24.5 Å². The molecule has 31 heavy (non-hydrogen) atoms. The summed E-state index contributed by atoms with van der Waals surface area (Å²) >= 11 is 1.77. The average molecular weight is 442 g/mol. The Bertz CT molecular complexity index is 1050. The zero-order chi connectivity index (χ0) is 22.2. The van der Waals surface area contributed by atoms with Crippen LogP contribution in [0.15, 0.2) is 18.6 Å². The number of pyridine rings is 1. The van der Waals surface area contributed by atoms with Gasteiger partial charge >= 0.3 is 0 Å². The maximum atomic E-state index is 9.88. The van der Waals surface area contributed by atoms with E-state index in [9.17, 15) is 4.79 Å². The van der Waals surface area contributed by atoms with Crippen LogP contribution in [0.2, 0.25) is 0 Å². The van der Waals surface area contributed by atoms with Gasteiger partial charge in [-0.05, 0) is 37.3 Å². The number of nitrogens with two attached hydrogens (primary N) is 1. The van der Waals surface area contributed by atoms with Gasteiger partial charge in [0.15, 0.2) is 0 Å². The molecule has 10 heteroatoms. The lowest BCUT2D eigenvalue weighted by Crippen LogP contribution is -2.20. The number of ether oxygens (including phenoxy) is 1. The largest absolute Gasteiger partial charge is 0.383 e. The van der Waals surface area contributed by atoms with Gasteiger partial charge in [-0.15, -0.1) is 11.3 Å². The van der Waals surface area contributed by atoms with Crippen LogP contribution in [0.4, 0.5) is 17.3 Å². The van der Waals surface area contributed by atoms with Crippen LogP contribution in [-0.4, -0.2) is 59.8 Å². The normalized spacial score (nSPS) is 12.5. The third kappa shape index (κ3) is 5.53. The topological polar surface area (TPSA) is 130 Å². The van der Waals surface area contributed by atoms with Gasteiger partial charge in [-0.1, -0.05) is 0 Å². The molecule has 164 valence electrons. The molecular weight excluding hydrogens is 414 g/mol. The van der Waals surface area contributed by atoms with Crippen molar-refractivity contribution in [3.63, 3.8) is 0 Å². The minimum absolute atomic E-state index is 0.353. The molecule has 0 bridgehead atoms. The van der Waals surface area contributed by atoms with Crippen LogP contribution in [0, 0.1) is 5.41 Å². The van der Waals surface area contributed by atoms with Crippen molar-refractivity contribution < 1.29 is 9.53 Å². The van der Waals surface area contributed by atoms with E-state index in [0.717, 1.165) is 41.0 Å². The fourth-order valence-electron chi connectivity index (χ4n) is 3.29. The van der Waals surface area contributed by atoms with E-state index in [1.54, 1.807) is 38.0 Å². The van der Waals surface area contributed by atoms with Crippen LogP contribution < -0.4 is 11.1 Å². The number of carbonyl (C=O) groups is 1. The number of amides is 1. The Labute approximate surface area is 185 Å². The zero-order valence-corrected chi connectivity index (χ0v) is 18.5. The molecule has 9 nitrogen and oxygen atoms in total. The number of aryl methyl sites for hydroxylation is 2. The van der Waals surface area contributed by atoms with Crippen LogP contribution in [0.3, 0.4) is 0 Å². The van der Waals surface area contributed by atoms with E-state index in [-0.39, 0.29) is 0 Å². The molecular formula is C21H27N7O2S. The van der Waals surface area contributed by atoms with Gasteiger partial charge in [-0.3, -0.25) is 4.79 Å². The number of likely N-dealkylation sites (N-methyl/N-ethyl adjacent to an activating group) is 1. The molecule has 0 saturated carbocycles. The molecule has 0 fully saturated rings. The summed E-state index contributed by atoms with van der Waals surface area (Å²) in [5.41, 5.74) is 8.49. The summed E-state index contributed by atoms with van der Waals surface area (Å²) in [5.74, 6) is 1.16. The maximum absolute atomic E-state index is 9.88. The molecule has 3 aromatic heterocycles. The van der Waals surface area contributed by atoms with Crippen molar-refractivity contribution in [3.05, 3.63) is 34.6 Å². The molecule has 3 aromatic rings. The Morgan fingerprint density at radius 2 is 2.13 bits per heavy atom. The van der Waals surface area contributed by atoms with E-state index >= 15 is 0 Å². The fourth-order valence-corrected chi connectivity index (χ4v) is 4.51. The maximum Gasteiger partial charge on any atom is 0.209 e. The Kier molecular flexibility index (Phi) is 7.85. The molecule has 1 amide bonds. The van der Waals surface area contributed by atoms with E-state index in [2.05, 4.69) is 20.3 Å². The lowest BCUT2D eigenvalue weighted by molar-refractivity contribution is -0.117. The highest BCUT2D eigenvalue weighted by atomic mass is 32.1. The molecule has 1 aliphatic carbocycles. The van der Waals surface area contributed by atoms with Crippen LogP contribution in [0.5, 0.6) is 0 Å². The first-order valence-electron chi connectivity index (χ1n) is 10.00. The van der Waals surface area contributed by atoms with Gasteiger partial charge in [0.25, 0.3) is 0 Å². The Balaban J connectivity index is 0.000000293. The highest BCUT2D eigenvalue weighted by Crippen LogP contribution is 2.38. The number of fused-ring (bicyclic) bond motifs is 3. The second kappa shape index (κ2) is 10.8. The SMILES string of the molecule is COCCN(C)C=O.N=Cc1cc(Nc2ncnc3sc4c(c23)CCCC4)cnc1N. The number of nitrogens with zero attached hydrogens (tertiary/aromatic N) is 4. The molecule has 0 spiro atoms. The molecule has 0 atom stereocenters. The lowest BCUT2D eigenvalue weighted by atomic mass is 9.97. The van der Waals surface area contributed by atoms with Crippen molar-refractivity contribution in [2.45, 2.75) is 25.7 Å². The fraction of sp³-hybridized carbons (Fsp3) is 0.381. The summed E-state index contributed by atoms with van der Waals surface area (Å²) in [5, 5.41) is 11.8. The monoisotopic (exact) mass is 441 g/mol. The third-order valence-electron chi connectivity index (χ3n) is 4.95. The molecule has 3 heterocycles. The second-order valence-corrected chi connectivity index (χ2v) is 8.24. The van der Waals surface area contributed by atoms with Crippen LogP contribution >= 0.6 is 11.3 Å². The van der Waals surface area contributed by atoms with E-state index in [1.807, 2.05) is 6.07 Å². The minimum atomic E-state index is 0.353. The number of rotatable bonds is 7. The highest BCUT2D eigenvalue weighted by molar-refractivity contribution is 7.19. The first-order chi connectivity index (χ1) is 15.1. The van der Waals surface area contributed by atoms with Gasteiger partial charge in [0.2, 0.25) is 6.41 Å².